The molecule has 0 bridgehead atoms. The van der Waals surface area contributed by atoms with Crippen molar-refractivity contribution in [2.24, 2.45) is 0 Å². The monoisotopic (exact) mass is 580 g/mol. The normalized spacial score (nSPS) is 14.7. The summed E-state index contributed by atoms with van der Waals surface area (Å²) < 4.78 is 35.9. The van der Waals surface area contributed by atoms with E-state index in [1.54, 1.807) is 31.2 Å². The number of imidazole rings is 1. The van der Waals surface area contributed by atoms with Crippen LogP contribution >= 0.6 is 0 Å². The molecule has 0 amide bonds. The smallest absolute Gasteiger partial charge is 0.246 e. The largest absolute Gasteiger partial charge is 0.495 e. The van der Waals surface area contributed by atoms with E-state index in [4.69, 9.17) is 9.72 Å². The van der Waals surface area contributed by atoms with Gasteiger partial charge in [0.15, 0.2) is 5.78 Å². The van der Waals surface area contributed by atoms with Crippen LogP contribution in [0.2, 0.25) is 0 Å². The van der Waals surface area contributed by atoms with Crippen LogP contribution in [-0.4, -0.2) is 66.1 Å². The second kappa shape index (κ2) is 11.5. The van der Waals surface area contributed by atoms with Crippen LogP contribution in [0.1, 0.15) is 23.0 Å². The second-order valence-corrected chi connectivity index (χ2v) is 12.3. The Bertz CT molecular complexity index is 1840. The molecule has 0 atom stereocenters. The number of methoxy groups -OCH3 is 1. The number of piperazine rings is 1. The topological polar surface area (TPSA) is 84.2 Å². The molecule has 2 aromatic heterocycles. The van der Waals surface area contributed by atoms with Crippen molar-refractivity contribution in [1.29, 1.82) is 0 Å². The molecule has 9 heteroatoms. The third kappa shape index (κ3) is 5.34. The lowest BCUT2D eigenvalue weighted by atomic mass is 10.0. The van der Waals surface area contributed by atoms with Gasteiger partial charge in [-0.3, -0.25) is 9.69 Å². The average molecular weight is 581 g/mol. The summed E-state index contributed by atoms with van der Waals surface area (Å²) >= 11 is 0. The lowest BCUT2D eigenvalue weighted by Gasteiger charge is -2.34. The fourth-order valence-electron chi connectivity index (χ4n) is 5.45. The van der Waals surface area contributed by atoms with Gasteiger partial charge in [0.2, 0.25) is 10.0 Å². The van der Waals surface area contributed by atoms with Crippen molar-refractivity contribution >= 4 is 21.5 Å². The van der Waals surface area contributed by atoms with E-state index in [1.807, 2.05) is 54.6 Å². The third-order valence-electron chi connectivity index (χ3n) is 7.78. The number of fused-ring (bicyclic) bond motifs is 1. The first-order valence-electron chi connectivity index (χ1n) is 13.9. The van der Waals surface area contributed by atoms with Gasteiger partial charge in [-0.1, -0.05) is 66.7 Å². The summed E-state index contributed by atoms with van der Waals surface area (Å²) in [7, 11) is -2.19. The molecular formula is C33H32N4O4S. The lowest BCUT2D eigenvalue weighted by molar-refractivity contribution is 0.101. The minimum Gasteiger partial charge on any atom is -0.495 e. The number of aromatic nitrogens is 2. The van der Waals surface area contributed by atoms with Crippen LogP contribution < -0.4 is 4.74 Å². The van der Waals surface area contributed by atoms with E-state index in [9.17, 15) is 13.2 Å². The standard InChI is InChI=1S/C33H32N4O4S/c1-24(38)25-12-14-26(15-13-25)28-16-17-32-34-33(27-8-4-3-5-9-27)29(37(32)22-28)23-35-18-20-36(21-19-35)42(39,40)31-11-7-6-10-30(31)41-2/h3-17,22H,18-21,23H2,1-2H3. The van der Waals surface area contributed by atoms with Gasteiger partial charge < -0.3 is 9.14 Å². The summed E-state index contributed by atoms with van der Waals surface area (Å²) in [4.78, 5) is 19.2. The van der Waals surface area contributed by atoms with E-state index in [2.05, 4.69) is 27.6 Å². The van der Waals surface area contributed by atoms with Crippen LogP contribution in [0.3, 0.4) is 0 Å². The molecule has 214 valence electrons. The Morgan fingerprint density at radius 2 is 1.48 bits per heavy atom. The van der Waals surface area contributed by atoms with E-state index < -0.39 is 10.0 Å². The van der Waals surface area contributed by atoms with E-state index in [0.717, 1.165) is 33.7 Å². The molecule has 42 heavy (non-hydrogen) atoms. The molecule has 1 aliphatic rings. The minimum absolute atomic E-state index is 0.0391. The Hall–Kier alpha value is -4.31. The van der Waals surface area contributed by atoms with Crippen molar-refractivity contribution in [3.8, 4) is 28.1 Å². The first-order chi connectivity index (χ1) is 20.3. The molecule has 8 nitrogen and oxygen atoms in total. The second-order valence-electron chi connectivity index (χ2n) is 10.4. The number of ether oxygens (including phenoxy) is 1. The summed E-state index contributed by atoms with van der Waals surface area (Å²) in [6.45, 7) is 4.11. The van der Waals surface area contributed by atoms with Crippen LogP contribution in [0.5, 0.6) is 5.75 Å². The first kappa shape index (κ1) is 27.8. The SMILES string of the molecule is COc1ccccc1S(=O)(=O)N1CCN(Cc2c(-c3ccccc3)nc3ccc(-c4ccc(C(C)=O)cc4)cn23)CC1. The van der Waals surface area contributed by atoms with Gasteiger partial charge in [0.1, 0.15) is 16.3 Å². The summed E-state index contributed by atoms with van der Waals surface area (Å²) in [6.07, 6.45) is 2.09. The molecule has 0 spiro atoms. The maximum Gasteiger partial charge on any atom is 0.246 e. The van der Waals surface area contributed by atoms with Crippen LogP contribution in [0.25, 0.3) is 28.0 Å². The van der Waals surface area contributed by atoms with Crippen molar-refractivity contribution in [2.45, 2.75) is 18.4 Å². The molecule has 3 aromatic carbocycles. The highest BCUT2D eigenvalue weighted by Gasteiger charge is 2.31. The zero-order valence-corrected chi connectivity index (χ0v) is 24.4. The molecule has 0 N–H and O–H groups in total. The first-order valence-corrected chi connectivity index (χ1v) is 15.3. The van der Waals surface area contributed by atoms with E-state index in [1.165, 1.54) is 11.4 Å². The van der Waals surface area contributed by atoms with Gasteiger partial charge >= 0.3 is 0 Å². The van der Waals surface area contributed by atoms with Gasteiger partial charge in [0.05, 0.1) is 18.5 Å². The number of hydrogen-bond donors (Lipinski definition) is 0. The predicted octanol–water partition coefficient (Wildman–Crippen LogP) is 5.39. The zero-order chi connectivity index (χ0) is 29.3. The average Bonchev–Trinajstić information content (AvgIpc) is 3.39. The molecule has 6 rings (SSSR count). The number of sulfonamides is 1. The molecule has 0 saturated carbocycles. The fourth-order valence-corrected chi connectivity index (χ4v) is 7.03. The van der Waals surface area contributed by atoms with Crippen LogP contribution in [0, 0.1) is 0 Å². The van der Waals surface area contributed by atoms with Gasteiger partial charge in [-0.05, 0) is 42.3 Å². The molecule has 1 aliphatic heterocycles. The Kier molecular flexibility index (Phi) is 7.64. The third-order valence-corrected chi connectivity index (χ3v) is 9.72. The maximum atomic E-state index is 13.4. The minimum atomic E-state index is -3.68. The van der Waals surface area contributed by atoms with Crippen LogP contribution in [0.15, 0.2) is 102 Å². The number of carbonyl (C=O) groups is 1. The Morgan fingerprint density at radius 3 is 2.17 bits per heavy atom. The Morgan fingerprint density at radius 1 is 0.810 bits per heavy atom. The number of para-hydroxylation sites is 1. The van der Waals surface area contributed by atoms with Crippen molar-refractivity contribution in [1.82, 2.24) is 18.6 Å². The fraction of sp³-hybridized carbons (Fsp3) is 0.212. The number of benzene rings is 3. The number of pyridine rings is 1. The van der Waals surface area contributed by atoms with Gasteiger partial charge in [0.25, 0.3) is 0 Å². The number of nitrogens with zero attached hydrogens (tertiary/aromatic N) is 4. The van der Waals surface area contributed by atoms with Crippen molar-refractivity contribution in [2.75, 3.05) is 33.3 Å². The van der Waals surface area contributed by atoms with Gasteiger partial charge in [0, 0.05) is 50.0 Å². The van der Waals surface area contributed by atoms with E-state index in [0.29, 0.717) is 44.0 Å². The van der Waals surface area contributed by atoms with Gasteiger partial charge in [-0.15, -0.1) is 0 Å². The Labute approximate surface area is 245 Å². The zero-order valence-electron chi connectivity index (χ0n) is 23.6. The van der Waals surface area contributed by atoms with Crippen molar-refractivity contribution < 1.29 is 17.9 Å². The molecule has 3 heterocycles. The number of rotatable bonds is 8. The summed E-state index contributed by atoms with van der Waals surface area (Å²) in [6, 6.07) is 28.6. The number of carbonyl (C=O) groups excluding carboxylic acids is 1. The summed E-state index contributed by atoms with van der Waals surface area (Å²) in [5.74, 6) is 0.391. The van der Waals surface area contributed by atoms with E-state index in [-0.39, 0.29) is 10.7 Å². The maximum absolute atomic E-state index is 13.4. The Balaban J connectivity index is 1.30. The van der Waals surface area contributed by atoms with Gasteiger partial charge in [-0.2, -0.15) is 4.31 Å². The van der Waals surface area contributed by atoms with Crippen molar-refractivity contribution in [3.63, 3.8) is 0 Å². The lowest BCUT2D eigenvalue weighted by Crippen LogP contribution is -2.48. The molecule has 0 unspecified atom stereocenters. The number of Topliss-reactive ketones (excluding diaryl/α,β-unsaturated/α-hetero) is 1. The van der Waals surface area contributed by atoms with Gasteiger partial charge in [-0.25, -0.2) is 13.4 Å². The van der Waals surface area contributed by atoms with Crippen LogP contribution in [0.4, 0.5) is 0 Å². The van der Waals surface area contributed by atoms with Crippen molar-refractivity contribution in [3.05, 3.63) is 108 Å². The highest BCUT2D eigenvalue weighted by molar-refractivity contribution is 7.89. The number of ketones is 1. The quantitative estimate of drug-likeness (QED) is 0.229. The summed E-state index contributed by atoms with van der Waals surface area (Å²) in [5, 5.41) is 0. The summed E-state index contributed by atoms with van der Waals surface area (Å²) in [5.41, 5.74) is 6.53. The molecule has 5 aromatic rings. The highest BCUT2D eigenvalue weighted by Crippen LogP contribution is 2.30. The highest BCUT2D eigenvalue weighted by atomic mass is 32.2. The molecule has 1 fully saturated rings. The molecule has 0 aliphatic carbocycles. The predicted molar refractivity (Wildman–Crippen MR) is 163 cm³/mol. The molecule has 0 radical (unpaired) electrons. The molecule has 1 saturated heterocycles. The van der Waals surface area contributed by atoms with Crippen LogP contribution in [-0.2, 0) is 16.6 Å². The van der Waals surface area contributed by atoms with E-state index >= 15 is 0 Å². The number of hydrogen-bond acceptors (Lipinski definition) is 6. The molecular weight excluding hydrogens is 548 g/mol.